The number of likely N-dealkylation sites (tertiary alicyclic amines) is 1. The molecule has 0 saturated carbocycles. The van der Waals surface area contributed by atoms with E-state index in [9.17, 15) is 0 Å². The van der Waals surface area contributed by atoms with Crippen molar-refractivity contribution in [3.63, 3.8) is 0 Å². The van der Waals surface area contributed by atoms with Crippen LogP contribution in [-0.2, 0) is 6.42 Å². The highest BCUT2D eigenvalue weighted by Gasteiger charge is 2.28. The molecule has 1 heterocycles. The Labute approximate surface area is 96.0 Å². The molecule has 82 valence electrons. The Bertz CT molecular complexity index is 313. The van der Waals surface area contributed by atoms with Crippen molar-refractivity contribution in [1.82, 2.24) is 4.90 Å². The molecule has 0 aliphatic carbocycles. The number of nitrogens with two attached hydrogens (primary N) is 1. The zero-order valence-corrected chi connectivity index (χ0v) is 9.74. The maximum atomic E-state index is 6.08. The van der Waals surface area contributed by atoms with E-state index in [0.717, 1.165) is 24.4 Å². The van der Waals surface area contributed by atoms with Crippen molar-refractivity contribution < 1.29 is 0 Å². The summed E-state index contributed by atoms with van der Waals surface area (Å²) in [5.74, 6) is 0. The molecule has 0 unspecified atom stereocenters. The molecule has 1 aromatic carbocycles. The summed E-state index contributed by atoms with van der Waals surface area (Å²) >= 11 is 5.85. The van der Waals surface area contributed by atoms with Crippen LogP contribution in [0.25, 0.3) is 0 Å². The summed E-state index contributed by atoms with van der Waals surface area (Å²) < 4.78 is 0. The van der Waals surface area contributed by atoms with Crippen LogP contribution < -0.4 is 5.73 Å². The van der Waals surface area contributed by atoms with Gasteiger partial charge in [-0.25, -0.2) is 0 Å². The number of benzene rings is 1. The second-order valence-electron chi connectivity index (χ2n) is 4.33. The smallest absolute Gasteiger partial charge is 0.0406 e. The summed E-state index contributed by atoms with van der Waals surface area (Å²) in [4.78, 5) is 2.35. The lowest BCUT2D eigenvalue weighted by molar-refractivity contribution is 0.296. The van der Waals surface area contributed by atoms with Crippen LogP contribution in [0.2, 0.25) is 5.02 Å². The van der Waals surface area contributed by atoms with Gasteiger partial charge in [0.2, 0.25) is 0 Å². The summed E-state index contributed by atoms with van der Waals surface area (Å²) in [6.45, 7) is 1.11. The quantitative estimate of drug-likeness (QED) is 0.832. The molecule has 15 heavy (non-hydrogen) atoms. The van der Waals surface area contributed by atoms with E-state index in [0.29, 0.717) is 12.1 Å². The number of likely N-dealkylation sites (N-methyl/N-ethyl adjacent to an activating group) is 1. The summed E-state index contributed by atoms with van der Waals surface area (Å²) in [7, 11) is 2.15. The highest BCUT2D eigenvalue weighted by atomic mass is 35.5. The first kappa shape index (κ1) is 10.9. The second-order valence-corrected chi connectivity index (χ2v) is 4.77. The van der Waals surface area contributed by atoms with Crippen molar-refractivity contribution in [2.45, 2.75) is 24.9 Å². The maximum absolute atomic E-state index is 6.08. The first-order chi connectivity index (χ1) is 7.16. The van der Waals surface area contributed by atoms with Crippen molar-refractivity contribution in [2.24, 2.45) is 5.73 Å². The number of rotatable bonds is 2. The van der Waals surface area contributed by atoms with E-state index in [-0.39, 0.29) is 0 Å². The molecule has 2 rings (SSSR count). The van der Waals surface area contributed by atoms with Crippen LogP contribution >= 0.6 is 11.6 Å². The minimum atomic E-state index is 0.311. The van der Waals surface area contributed by atoms with E-state index in [1.807, 2.05) is 12.1 Å². The second kappa shape index (κ2) is 4.52. The predicted molar refractivity (Wildman–Crippen MR) is 64.2 cm³/mol. The Hall–Kier alpha value is -0.570. The van der Waals surface area contributed by atoms with Gasteiger partial charge in [0.25, 0.3) is 0 Å². The molecule has 0 amide bonds. The molecule has 0 bridgehead atoms. The summed E-state index contributed by atoms with van der Waals surface area (Å²) in [6, 6.07) is 8.84. The van der Waals surface area contributed by atoms with Gasteiger partial charge in [-0.3, -0.25) is 0 Å². The van der Waals surface area contributed by atoms with Crippen molar-refractivity contribution in [3.8, 4) is 0 Å². The van der Waals surface area contributed by atoms with E-state index >= 15 is 0 Å². The summed E-state index contributed by atoms with van der Waals surface area (Å²) in [5.41, 5.74) is 7.39. The van der Waals surface area contributed by atoms with Gasteiger partial charge in [0.15, 0.2) is 0 Å². The summed E-state index contributed by atoms with van der Waals surface area (Å²) in [5, 5.41) is 0.794. The fourth-order valence-corrected chi connectivity index (χ4v) is 2.33. The van der Waals surface area contributed by atoms with Crippen molar-refractivity contribution in [3.05, 3.63) is 34.9 Å². The lowest BCUT2D eigenvalue weighted by Gasteiger charge is -2.22. The Morgan fingerprint density at radius 1 is 1.40 bits per heavy atom. The van der Waals surface area contributed by atoms with Gasteiger partial charge in [-0.15, -0.1) is 0 Å². The standard InChI is InChI=1S/C12H17ClN2/c1-15-7-6-11(14)12(15)8-9-2-4-10(13)5-3-9/h2-5,11-12H,6-8,14H2,1H3/t11-,12+/m1/s1. The zero-order valence-electron chi connectivity index (χ0n) is 8.99. The molecule has 0 spiro atoms. The van der Waals surface area contributed by atoms with E-state index in [4.69, 9.17) is 17.3 Å². The third kappa shape index (κ3) is 2.51. The monoisotopic (exact) mass is 224 g/mol. The lowest BCUT2D eigenvalue weighted by atomic mass is 10.0. The van der Waals surface area contributed by atoms with Gasteiger partial charge < -0.3 is 10.6 Å². The van der Waals surface area contributed by atoms with E-state index in [2.05, 4.69) is 24.1 Å². The molecule has 2 nitrogen and oxygen atoms in total. The number of hydrogen-bond donors (Lipinski definition) is 1. The van der Waals surface area contributed by atoms with Crippen LogP contribution in [0.5, 0.6) is 0 Å². The average Bonchev–Trinajstić information content (AvgIpc) is 2.53. The first-order valence-corrected chi connectivity index (χ1v) is 5.75. The molecule has 0 aromatic heterocycles. The Balaban J connectivity index is 2.04. The van der Waals surface area contributed by atoms with Crippen LogP contribution in [0.15, 0.2) is 24.3 Å². The molecule has 1 aliphatic heterocycles. The average molecular weight is 225 g/mol. The lowest BCUT2D eigenvalue weighted by Crippen LogP contribution is -2.39. The van der Waals surface area contributed by atoms with Crippen LogP contribution in [0.3, 0.4) is 0 Å². The molecule has 1 saturated heterocycles. The third-order valence-electron chi connectivity index (χ3n) is 3.23. The third-order valence-corrected chi connectivity index (χ3v) is 3.49. The fourth-order valence-electron chi connectivity index (χ4n) is 2.21. The van der Waals surface area contributed by atoms with Gasteiger partial charge in [0, 0.05) is 17.1 Å². The van der Waals surface area contributed by atoms with Crippen molar-refractivity contribution >= 4 is 11.6 Å². The number of hydrogen-bond acceptors (Lipinski definition) is 2. The predicted octanol–water partition coefficient (Wildman–Crippen LogP) is 1.91. The normalized spacial score (nSPS) is 27.1. The van der Waals surface area contributed by atoms with Crippen LogP contribution in [-0.4, -0.2) is 30.6 Å². The highest BCUT2D eigenvalue weighted by molar-refractivity contribution is 6.30. The van der Waals surface area contributed by atoms with Gasteiger partial charge >= 0.3 is 0 Å². The molecule has 2 N–H and O–H groups in total. The van der Waals surface area contributed by atoms with E-state index < -0.39 is 0 Å². The number of nitrogens with zero attached hydrogens (tertiary/aromatic N) is 1. The maximum Gasteiger partial charge on any atom is 0.0406 e. The Morgan fingerprint density at radius 2 is 2.07 bits per heavy atom. The molecule has 2 atom stereocenters. The van der Waals surface area contributed by atoms with Crippen molar-refractivity contribution in [2.75, 3.05) is 13.6 Å². The molecular weight excluding hydrogens is 208 g/mol. The minimum Gasteiger partial charge on any atom is -0.326 e. The fraction of sp³-hybridized carbons (Fsp3) is 0.500. The van der Waals surface area contributed by atoms with E-state index in [1.54, 1.807) is 0 Å². The van der Waals surface area contributed by atoms with Gasteiger partial charge in [-0.2, -0.15) is 0 Å². The molecule has 1 aromatic rings. The minimum absolute atomic E-state index is 0.311. The SMILES string of the molecule is CN1CC[C@@H](N)[C@@H]1Cc1ccc(Cl)cc1. The highest BCUT2D eigenvalue weighted by Crippen LogP contribution is 2.19. The molecule has 3 heteroatoms. The van der Waals surface area contributed by atoms with Crippen LogP contribution in [0.4, 0.5) is 0 Å². The molecule has 1 aliphatic rings. The zero-order chi connectivity index (χ0) is 10.8. The van der Waals surface area contributed by atoms with Crippen LogP contribution in [0.1, 0.15) is 12.0 Å². The molecular formula is C12H17ClN2. The number of halogens is 1. The topological polar surface area (TPSA) is 29.3 Å². The Kier molecular flexibility index (Phi) is 3.29. The van der Waals surface area contributed by atoms with Gasteiger partial charge in [0.05, 0.1) is 0 Å². The van der Waals surface area contributed by atoms with E-state index in [1.165, 1.54) is 5.56 Å². The molecule has 0 radical (unpaired) electrons. The van der Waals surface area contributed by atoms with Crippen molar-refractivity contribution in [1.29, 1.82) is 0 Å². The van der Waals surface area contributed by atoms with Gasteiger partial charge in [-0.1, -0.05) is 23.7 Å². The van der Waals surface area contributed by atoms with Gasteiger partial charge in [0.1, 0.15) is 0 Å². The largest absolute Gasteiger partial charge is 0.326 e. The first-order valence-electron chi connectivity index (χ1n) is 5.37. The van der Waals surface area contributed by atoms with Gasteiger partial charge in [-0.05, 0) is 44.1 Å². The Morgan fingerprint density at radius 3 is 2.60 bits per heavy atom. The molecule has 1 fully saturated rings. The summed E-state index contributed by atoms with van der Waals surface area (Å²) in [6.07, 6.45) is 2.13. The van der Waals surface area contributed by atoms with Crippen LogP contribution in [0, 0.1) is 0 Å².